The van der Waals surface area contributed by atoms with Crippen molar-refractivity contribution in [2.75, 3.05) is 11.9 Å². The SMILES string of the molecule is C=CC(=C)NCC(=N)c1c(-c2cnn(C)c2)ccnc1Nc1ccc(C(F)(F)F)cc1. The number of halogens is 3. The van der Waals surface area contributed by atoms with Gasteiger partial charge in [0.05, 0.1) is 24.0 Å². The van der Waals surface area contributed by atoms with Gasteiger partial charge in [0.2, 0.25) is 0 Å². The summed E-state index contributed by atoms with van der Waals surface area (Å²) in [4.78, 5) is 4.33. The maximum Gasteiger partial charge on any atom is 0.416 e. The molecular weight excluding hydrogens is 405 g/mol. The lowest BCUT2D eigenvalue weighted by molar-refractivity contribution is -0.137. The minimum Gasteiger partial charge on any atom is -0.380 e. The second-order valence-corrected chi connectivity index (χ2v) is 6.75. The van der Waals surface area contributed by atoms with E-state index in [1.165, 1.54) is 12.1 Å². The molecule has 0 saturated heterocycles. The molecular formula is C22H21F3N6. The lowest BCUT2D eigenvalue weighted by atomic mass is 9.99. The number of rotatable bonds is 8. The van der Waals surface area contributed by atoms with Gasteiger partial charge in [0.25, 0.3) is 0 Å². The molecule has 0 atom stereocenters. The van der Waals surface area contributed by atoms with Crippen molar-refractivity contribution in [1.82, 2.24) is 20.1 Å². The molecule has 31 heavy (non-hydrogen) atoms. The maximum absolute atomic E-state index is 12.8. The molecule has 0 radical (unpaired) electrons. The van der Waals surface area contributed by atoms with Gasteiger partial charge >= 0.3 is 6.18 Å². The van der Waals surface area contributed by atoms with E-state index in [2.05, 4.69) is 33.9 Å². The van der Waals surface area contributed by atoms with Gasteiger partial charge in [0, 0.05) is 42.0 Å². The fourth-order valence-corrected chi connectivity index (χ4v) is 2.90. The van der Waals surface area contributed by atoms with Crippen molar-refractivity contribution < 1.29 is 13.2 Å². The Morgan fingerprint density at radius 3 is 2.52 bits per heavy atom. The van der Waals surface area contributed by atoms with Crippen LogP contribution in [0.5, 0.6) is 0 Å². The summed E-state index contributed by atoms with van der Waals surface area (Å²) in [6, 6.07) is 6.40. The van der Waals surface area contributed by atoms with Crippen molar-refractivity contribution in [3.8, 4) is 11.1 Å². The number of allylic oxidation sites excluding steroid dienone is 1. The number of hydrogen-bond donors (Lipinski definition) is 3. The quantitative estimate of drug-likeness (QED) is 0.354. The van der Waals surface area contributed by atoms with Crippen molar-refractivity contribution in [3.63, 3.8) is 0 Å². The van der Waals surface area contributed by atoms with Crippen LogP contribution in [0.4, 0.5) is 24.7 Å². The summed E-state index contributed by atoms with van der Waals surface area (Å²) in [7, 11) is 1.78. The van der Waals surface area contributed by atoms with Crippen LogP contribution in [0.2, 0.25) is 0 Å². The number of nitrogens with one attached hydrogen (secondary N) is 3. The maximum atomic E-state index is 12.8. The lowest BCUT2D eigenvalue weighted by Crippen LogP contribution is -2.23. The lowest BCUT2D eigenvalue weighted by Gasteiger charge is -2.17. The van der Waals surface area contributed by atoms with Gasteiger partial charge in [-0.2, -0.15) is 18.3 Å². The van der Waals surface area contributed by atoms with Crippen molar-refractivity contribution in [2.24, 2.45) is 7.05 Å². The van der Waals surface area contributed by atoms with Gasteiger partial charge in [0.15, 0.2) is 0 Å². The molecule has 6 nitrogen and oxygen atoms in total. The van der Waals surface area contributed by atoms with Gasteiger partial charge in [-0.1, -0.05) is 13.2 Å². The summed E-state index contributed by atoms with van der Waals surface area (Å²) < 4.78 is 40.2. The van der Waals surface area contributed by atoms with Gasteiger partial charge < -0.3 is 16.0 Å². The Morgan fingerprint density at radius 1 is 1.23 bits per heavy atom. The molecule has 0 aliphatic carbocycles. The predicted octanol–water partition coefficient (Wildman–Crippen LogP) is 4.90. The Labute approximate surface area is 177 Å². The van der Waals surface area contributed by atoms with Crippen LogP contribution in [-0.2, 0) is 13.2 Å². The third kappa shape index (κ3) is 5.19. The number of benzene rings is 1. The van der Waals surface area contributed by atoms with Crippen LogP contribution in [0.15, 0.2) is 73.9 Å². The number of aryl methyl sites for hydroxylation is 1. The molecule has 0 aliphatic rings. The van der Waals surface area contributed by atoms with Gasteiger partial charge in [0.1, 0.15) is 5.82 Å². The highest BCUT2D eigenvalue weighted by Crippen LogP contribution is 2.32. The van der Waals surface area contributed by atoms with Crippen LogP contribution in [0, 0.1) is 5.41 Å². The Kier molecular flexibility index (Phi) is 6.24. The molecule has 0 saturated carbocycles. The summed E-state index contributed by atoms with van der Waals surface area (Å²) in [5, 5.41) is 18.8. The fraction of sp³-hybridized carbons (Fsp3) is 0.136. The zero-order chi connectivity index (χ0) is 22.6. The molecule has 0 amide bonds. The number of pyridine rings is 1. The normalized spacial score (nSPS) is 11.1. The van der Waals surface area contributed by atoms with E-state index in [0.29, 0.717) is 28.3 Å². The second-order valence-electron chi connectivity index (χ2n) is 6.75. The van der Waals surface area contributed by atoms with E-state index in [1.807, 2.05) is 6.20 Å². The van der Waals surface area contributed by atoms with Crippen molar-refractivity contribution >= 4 is 17.2 Å². The fourth-order valence-electron chi connectivity index (χ4n) is 2.90. The average Bonchev–Trinajstić information content (AvgIpc) is 3.17. The number of aromatic nitrogens is 3. The molecule has 160 valence electrons. The molecule has 3 aromatic rings. The molecule has 0 unspecified atom stereocenters. The van der Waals surface area contributed by atoms with Crippen molar-refractivity contribution in [3.05, 3.63) is 85.0 Å². The first-order chi connectivity index (χ1) is 14.7. The molecule has 3 N–H and O–H groups in total. The van der Waals surface area contributed by atoms with E-state index >= 15 is 0 Å². The summed E-state index contributed by atoms with van der Waals surface area (Å²) in [6.45, 7) is 7.57. The number of nitrogens with zero attached hydrogens (tertiary/aromatic N) is 3. The molecule has 3 rings (SSSR count). The van der Waals surface area contributed by atoms with E-state index in [4.69, 9.17) is 5.41 Å². The first kappa shape index (κ1) is 21.8. The predicted molar refractivity (Wildman–Crippen MR) is 115 cm³/mol. The topological polar surface area (TPSA) is 78.6 Å². The van der Waals surface area contributed by atoms with E-state index < -0.39 is 11.7 Å². The summed E-state index contributed by atoms with van der Waals surface area (Å²) in [6.07, 6.45) is 2.18. The van der Waals surface area contributed by atoms with Crippen LogP contribution in [0.25, 0.3) is 11.1 Å². The van der Waals surface area contributed by atoms with Crippen LogP contribution < -0.4 is 10.6 Å². The number of anilines is 2. The molecule has 2 aromatic heterocycles. The Bertz CT molecular complexity index is 1110. The zero-order valence-corrected chi connectivity index (χ0v) is 16.8. The Morgan fingerprint density at radius 2 is 1.94 bits per heavy atom. The first-order valence-electron chi connectivity index (χ1n) is 9.24. The molecule has 0 bridgehead atoms. The highest BCUT2D eigenvalue weighted by atomic mass is 19.4. The summed E-state index contributed by atoms with van der Waals surface area (Å²) >= 11 is 0. The van der Waals surface area contributed by atoms with E-state index in [0.717, 1.165) is 17.7 Å². The average molecular weight is 426 g/mol. The molecule has 0 spiro atoms. The molecule has 9 heteroatoms. The van der Waals surface area contributed by atoms with Crippen molar-refractivity contribution in [1.29, 1.82) is 5.41 Å². The molecule has 2 heterocycles. The van der Waals surface area contributed by atoms with Crippen LogP contribution in [0.3, 0.4) is 0 Å². The largest absolute Gasteiger partial charge is 0.416 e. The van der Waals surface area contributed by atoms with Crippen LogP contribution in [0.1, 0.15) is 11.1 Å². The summed E-state index contributed by atoms with van der Waals surface area (Å²) in [5.74, 6) is 0.345. The highest BCUT2D eigenvalue weighted by Gasteiger charge is 2.30. The summed E-state index contributed by atoms with van der Waals surface area (Å²) in [5.41, 5.74) is 2.45. The van der Waals surface area contributed by atoms with E-state index in [-0.39, 0.29) is 12.3 Å². The van der Waals surface area contributed by atoms with E-state index in [9.17, 15) is 13.2 Å². The Balaban J connectivity index is 1.99. The van der Waals surface area contributed by atoms with Crippen LogP contribution in [-0.4, -0.2) is 27.0 Å². The Hall–Kier alpha value is -3.88. The number of hydrogen-bond acceptors (Lipinski definition) is 5. The second kappa shape index (κ2) is 8.86. The van der Waals surface area contributed by atoms with E-state index in [1.54, 1.807) is 36.3 Å². The van der Waals surface area contributed by atoms with Gasteiger partial charge in [-0.25, -0.2) is 4.98 Å². The zero-order valence-electron chi connectivity index (χ0n) is 16.8. The monoisotopic (exact) mass is 426 g/mol. The minimum absolute atomic E-state index is 0.158. The third-order valence-corrected chi connectivity index (χ3v) is 4.48. The van der Waals surface area contributed by atoms with Crippen molar-refractivity contribution in [2.45, 2.75) is 6.18 Å². The smallest absolute Gasteiger partial charge is 0.380 e. The standard InChI is InChI=1S/C22H21F3N6/c1-4-14(2)28-12-19(26)20-18(15-11-29-31(3)13-15)9-10-27-21(20)30-17-7-5-16(6-8-17)22(23,24)25/h4-11,13,26,28H,1-2,12H2,3H3,(H,27,30). The van der Waals surface area contributed by atoms with Gasteiger partial charge in [-0.15, -0.1) is 0 Å². The third-order valence-electron chi connectivity index (χ3n) is 4.48. The van der Waals surface area contributed by atoms with Gasteiger partial charge in [-0.3, -0.25) is 4.68 Å². The van der Waals surface area contributed by atoms with Gasteiger partial charge in [-0.05, 0) is 42.0 Å². The first-order valence-corrected chi connectivity index (χ1v) is 9.24. The minimum atomic E-state index is -4.41. The molecule has 1 aromatic carbocycles. The van der Waals surface area contributed by atoms with Crippen LogP contribution >= 0.6 is 0 Å². The molecule has 0 fully saturated rings. The highest BCUT2D eigenvalue weighted by molar-refractivity contribution is 6.09. The molecule has 0 aliphatic heterocycles. The number of alkyl halides is 3.